The van der Waals surface area contributed by atoms with E-state index >= 15 is 0 Å². The number of anilines is 1. The van der Waals surface area contributed by atoms with E-state index < -0.39 is 0 Å². The number of methoxy groups -OCH3 is 1. The summed E-state index contributed by atoms with van der Waals surface area (Å²) in [5.74, 6) is 0.987. The molecule has 8 nitrogen and oxygen atoms in total. The Morgan fingerprint density at radius 3 is 2.72 bits per heavy atom. The number of hydrogen-bond donors (Lipinski definition) is 1. The lowest BCUT2D eigenvalue weighted by molar-refractivity contribution is 0.102. The first-order valence-corrected chi connectivity index (χ1v) is 8.81. The molecule has 2 heterocycles. The number of amides is 1. The van der Waals surface area contributed by atoms with Crippen LogP contribution in [0.1, 0.15) is 16.1 Å². The van der Waals surface area contributed by atoms with E-state index in [0.29, 0.717) is 28.7 Å². The summed E-state index contributed by atoms with van der Waals surface area (Å²) in [4.78, 5) is 24.5. The van der Waals surface area contributed by atoms with Gasteiger partial charge in [-0.15, -0.1) is 0 Å². The number of ether oxygens (including phenoxy) is 1. The van der Waals surface area contributed by atoms with Crippen molar-refractivity contribution in [2.24, 2.45) is 0 Å². The summed E-state index contributed by atoms with van der Waals surface area (Å²) in [6, 6.07) is 14.5. The van der Waals surface area contributed by atoms with E-state index in [1.165, 1.54) is 25.7 Å². The lowest BCUT2D eigenvalue weighted by Crippen LogP contribution is -2.13. The summed E-state index contributed by atoms with van der Waals surface area (Å²) in [6.07, 6.45) is 2.83. The van der Waals surface area contributed by atoms with Gasteiger partial charge in [-0.25, -0.2) is 9.97 Å². The topological polar surface area (TPSA) is 103 Å². The Balaban J connectivity index is 1.61. The summed E-state index contributed by atoms with van der Waals surface area (Å²) >= 11 is 0. The second-order valence-corrected chi connectivity index (χ2v) is 6.20. The van der Waals surface area contributed by atoms with Gasteiger partial charge in [-0.2, -0.15) is 4.98 Å². The molecule has 4 aromatic rings. The fraction of sp³-hybridized carbons (Fsp3) is 0.0952. The molecular formula is C21H17N5O3. The predicted octanol–water partition coefficient (Wildman–Crippen LogP) is 3.76. The number of rotatable bonds is 5. The third-order valence-electron chi connectivity index (χ3n) is 4.32. The number of aromatic nitrogens is 4. The first-order valence-electron chi connectivity index (χ1n) is 8.81. The van der Waals surface area contributed by atoms with Crippen molar-refractivity contribution < 1.29 is 14.1 Å². The maximum atomic E-state index is 12.3. The zero-order valence-corrected chi connectivity index (χ0v) is 15.8. The van der Waals surface area contributed by atoms with Gasteiger partial charge in [-0.05, 0) is 36.8 Å². The van der Waals surface area contributed by atoms with E-state index in [9.17, 15) is 4.79 Å². The second-order valence-electron chi connectivity index (χ2n) is 6.20. The van der Waals surface area contributed by atoms with Crippen LogP contribution >= 0.6 is 0 Å². The minimum Gasteiger partial charge on any atom is -0.496 e. The number of nitrogens with one attached hydrogen (secondary N) is 1. The van der Waals surface area contributed by atoms with E-state index in [1.807, 2.05) is 31.2 Å². The first-order chi connectivity index (χ1) is 14.2. The van der Waals surface area contributed by atoms with Crippen LogP contribution in [0.3, 0.4) is 0 Å². The van der Waals surface area contributed by atoms with Gasteiger partial charge in [-0.1, -0.05) is 23.4 Å². The van der Waals surface area contributed by atoms with Crippen molar-refractivity contribution in [3.8, 4) is 28.6 Å². The Bertz CT molecular complexity index is 1160. The zero-order chi connectivity index (χ0) is 20.2. The molecule has 0 saturated heterocycles. The van der Waals surface area contributed by atoms with Crippen molar-refractivity contribution in [3.63, 3.8) is 0 Å². The predicted molar refractivity (Wildman–Crippen MR) is 106 cm³/mol. The highest BCUT2D eigenvalue weighted by molar-refractivity contribution is 6.03. The Labute approximate surface area is 166 Å². The van der Waals surface area contributed by atoms with Crippen LogP contribution in [0.4, 0.5) is 5.69 Å². The average molecular weight is 387 g/mol. The van der Waals surface area contributed by atoms with Crippen LogP contribution in [0, 0.1) is 6.92 Å². The molecule has 29 heavy (non-hydrogen) atoms. The van der Waals surface area contributed by atoms with Crippen LogP contribution in [-0.4, -0.2) is 33.1 Å². The molecule has 1 N–H and O–H groups in total. The van der Waals surface area contributed by atoms with Crippen LogP contribution in [-0.2, 0) is 0 Å². The van der Waals surface area contributed by atoms with Crippen molar-refractivity contribution in [2.75, 3.05) is 12.4 Å². The molecule has 0 fully saturated rings. The molecule has 0 bridgehead atoms. The molecule has 0 unspecified atom stereocenters. The molecule has 0 aliphatic rings. The fourth-order valence-corrected chi connectivity index (χ4v) is 2.83. The number of hydrogen-bond acceptors (Lipinski definition) is 7. The molecular weight excluding hydrogens is 370 g/mol. The van der Waals surface area contributed by atoms with Crippen LogP contribution < -0.4 is 10.1 Å². The minimum atomic E-state index is -0.344. The largest absolute Gasteiger partial charge is 0.496 e. The summed E-state index contributed by atoms with van der Waals surface area (Å²) in [7, 11) is 1.54. The number of carbonyl (C=O) groups is 1. The average Bonchev–Trinajstić information content (AvgIpc) is 3.24. The Hall–Kier alpha value is -4.07. The monoisotopic (exact) mass is 387 g/mol. The molecule has 2 aromatic carbocycles. The van der Waals surface area contributed by atoms with Gasteiger partial charge in [0.1, 0.15) is 17.8 Å². The second kappa shape index (κ2) is 7.89. The third-order valence-corrected chi connectivity index (χ3v) is 4.32. The SMILES string of the molecule is COc1cc(NC(=O)c2ccncn2)ccc1-c1noc(-c2ccccc2C)n1. The normalized spacial score (nSPS) is 10.6. The smallest absolute Gasteiger partial charge is 0.274 e. The van der Waals surface area contributed by atoms with E-state index in [4.69, 9.17) is 9.26 Å². The van der Waals surface area contributed by atoms with E-state index in [-0.39, 0.29) is 11.6 Å². The van der Waals surface area contributed by atoms with Gasteiger partial charge in [0, 0.05) is 23.5 Å². The van der Waals surface area contributed by atoms with Crippen LogP contribution in [0.2, 0.25) is 0 Å². The highest BCUT2D eigenvalue weighted by Gasteiger charge is 2.17. The maximum absolute atomic E-state index is 12.3. The van der Waals surface area contributed by atoms with Gasteiger partial charge in [-0.3, -0.25) is 4.79 Å². The summed E-state index contributed by atoms with van der Waals surface area (Å²) < 4.78 is 10.9. The summed E-state index contributed by atoms with van der Waals surface area (Å²) in [5, 5.41) is 6.86. The maximum Gasteiger partial charge on any atom is 0.274 e. The first kappa shape index (κ1) is 18.3. The van der Waals surface area contributed by atoms with E-state index in [0.717, 1.165) is 11.1 Å². The Morgan fingerprint density at radius 2 is 1.97 bits per heavy atom. The molecule has 0 spiro atoms. The Morgan fingerprint density at radius 1 is 1.10 bits per heavy atom. The number of nitrogens with zero attached hydrogens (tertiary/aromatic N) is 4. The van der Waals surface area contributed by atoms with Crippen molar-refractivity contribution in [1.82, 2.24) is 20.1 Å². The lowest BCUT2D eigenvalue weighted by Gasteiger charge is -2.09. The van der Waals surface area contributed by atoms with Gasteiger partial charge in [0.25, 0.3) is 11.8 Å². The summed E-state index contributed by atoms with van der Waals surface area (Å²) in [5.41, 5.74) is 3.38. The molecule has 4 rings (SSSR count). The van der Waals surface area contributed by atoms with E-state index in [1.54, 1.807) is 18.2 Å². The van der Waals surface area contributed by atoms with Crippen molar-refractivity contribution in [3.05, 3.63) is 72.3 Å². The zero-order valence-electron chi connectivity index (χ0n) is 15.8. The lowest BCUT2D eigenvalue weighted by atomic mass is 10.1. The van der Waals surface area contributed by atoms with E-state index in [2.05, 4.69) is 25.4 Å². The highest BCUT2D eigenvalue weighted by Crippen LogP contribution is 2.32. The van der Waals surface area contributed by atoms with Crippen LogP contribution in [0.25, 0.3) is 22.8 Å². The summed E-state index contributed by atoms with van der Waals surface area (Å²) in [6.45, 7) is 1.98. The quantitative estimate of drug-likeness (QED) is 0.556. The van der Waals surface area contributed by atoms with Gasteiger partial charge >= 0.3 is 0 Å². The molecule has 0 aliphatic carbocycles. The molecule has 144 valence electrons. The van der Waals surface area contributed by atoms with Crippen molar-refractivity contribution >= 4 is 11.6 Å². The molecule has 0 radical (unpaired) electrons. The minimum absolute atomic E-state index is 0.268. The standard InChI is InChI=1S/C21H17N5O3/c1-13-5-3-4-6-15(13)21-25-19(26-29-21)16-8-7-14(11-18(16)28-2)24-20(27)17-9-10-22-12-23-17/h3-12H,1-2H3,(H,24,27). The van der Waals surface area contributed by atoms with Crippen LogP contribution in [0.5, 0.6) is 5.75 Å². The highest BCUT2D eigenvalue weighted by atomic mass is 16.5. The molecule has 0 saturated carbocycles. The van der Waals surface area contributed by atoms with Gasteiger partial charge in [0.15, 0.2) is 0 Å². The van der Waals surface area contributed by atoms with Crippen molar-refractivity contribution in [2.45, 2.75) is 6.92 Å². The van der Waals surface area contributed by atoms with Gasteiger partial charge in [0.2, 0.25) is 5.82 Å². The molecule has 8 heteroatoms. The van der Waals surface area contributed by atoms with Gasteiger partial charge < -0.3 is 14.6 Å². The number of carbonyl (C=O) groups excluding carboxylic acids is 1. The van der Waals surface area contributed by atoms with Crippen LogP contribution in [0.15, 0.2) is 65.6 Å². The third kappa shape index (κ3) is 3.81. The molecule has 1 amide bonds. The molecule has 0 atom stereocenters. The number of benzene rings is 2. The van der Waals surface area contributed by atoms with Gasteiger partial charge in [0.05, 0.1) is 12.7 Å². The van der Waals surface area contributed by atoms with Crippen molar-refractivity contribution in [1.29, 1.82) is 0 Å². The molecule has 2 aromatic heterocycles. The Kier molecular flexibility index (Phi) is 4.98. The molecule has 0 aliphatic heterocycles. The number of aryl methyl sites for hydroxylation is 1. The fourth-order valence-electron chi connectivity index (χ4n) is 2.83.